The Labute approximate surface area is 154 Å². The molecule has 3 heterocycles. The van der Waals surface area contributed by atoms with Crippen molar-refractivity contribution in [3.05, 3.63) is 53.0 Å². The summed E-state index contributed by atoms with van der Waals surface area (Å²) in [6.45, 7) is 5.72. The first kappa shape index (κ1) is 18.3. The van der Waals surface area contributed by atoms with E-state index in [2.05, 4.69) is 15.3 Å². The van der Waals surface area contributed by atoms with Gasteiger partial charge in [0.05, 0.1) is 23.9 Å². The van der Waals surface area contributed by atoms with Gasteiger partial charge in [0.1, 0.15) is 5.82 Å². The normalized spacial score (nSPS) is 15.6. The Balaban J connectivity index is 1.72. The van der Waals surface area contributed by atoms with E-state index >= 15 is 0 Å². The van der Waals surface area contributed by atoms with Gasteiger partial charge < -0.3 is 15.3 Å². The molecule has 138 valence electrons. The molecular weight excluding hydrogens is 328 g/mol. The standard InChI is InChI=1S/C20H26N4O2/c1-14-17(15(2)25)9-8-16(23-14)13-22-19-18(7-6-10-21-19)20(26)24-11-4-3-5-12-24/h6-10,15,25H,3-5,11-13H2,1-2H3,(H,21,22). The van der Waals surface area contributed by atoms with Gasteiger partial charge in [-0.15, -0.1) is 0 Å². The van der Waals surface area contributed by atoms with Gasteiger partial charge in [-0.2, -0.15) is 0 Å². The molecule has 0 radical (unpaired) electrons. The Morgan fingerprint density at radius 2 is 2.04 bits per heavy atom. The highest BCUT2D eigenvalue weighted by molar-refractivity contribution is 5.98. The molecule has 0 spiro atoms. The van der Waals surface area contributed by atoms with Crippen molar-refractivity contribution in [3.8, 4) is 0 Å². The maximum absolute atomic E-state index is 12.8. The summed E-state index contributed by atoms with van der Waals surface area (Å²) in [4.78, 5) is 23.6. The van der Waals surface area contributed by atoms with E-state index in [0.717, 1.165) is 42.9 Å². The molecule has 0 bridgehead atoms. The molecular formula is C20H26N4O2. The van der Waals surface area contributed by atoms with Crippen LogP contribution < -0.4 is 5.32 Å². The Morgan fingerprint density at radius 1 is 1.27 bits per heavy atom. The minimum atomic E-state index is -0.533. The van der Waals surface area contributed by atoms with E-state index in [1.54, 1.807) is 19.2 Å². The lowest BCUT2D eigenvalue weighted by atomic mass is 10.1. The first-order valence-electron chi connectivity index (χ1n) is 9.19. The number of likely N-dealkylation sites (tertiary alicyclic amines) is 1. The quantitative estimate of drug-likeness (QED) is 0.863. The molecule has 0 saturated carbocycles. The van der Waals surface area contributed by atoms with Crippen molar-refractivity contribution in [1.82, 2.24) is 14.9 Å². The number of aliphatic hydroxyl groups is 1. The number of rotatable bonds is 5. The fraction of sp³-hybridized carbons (Fsp3) is 0.450. The average molecular weight is 354 g/mol. The first-order chi connectivity index (χ1) is 12.6. The van der Waals surface area contributed by atoms with Crippen LogP contribution in [0.15, 0.2) is 30.5 Å². The van der Waals surface area contributed by atoms with Crippen LogP contribution in [0.1, 0.15) is 59.6 Å². The Kier molecular flexibility index (Phi) is 5.83. The van der Waals surface area contributed by atoms with Crippen molar-refractivity contribution in [2.24, 2.45) is 0 Å². The second kappa shape index (κ2) is 8.27. The summed E-state index contributed by atoms with van der Waals surface area (Å²) >= 11 is 0. The van der Waals surface area contributed by atoms with Crippen molar-refractivity contribution in [1.29, 1.82) is 0 Å². The van der Waals surface area contributed by atoms with E-state index in [1.807, 2.05) is 30.0 Å². The molecule has 6 nitrogen and oxygen atoms in total. The maximum Gasteiger partial charge on any atom is 0.257 e. The van der Waals surface area contributed by atoms with Crippen LogP contribution in [0.2, 0.25) is 0 Å². The Hall–Kier alpha value is -2.47. The number of pyridine rings is 2. The molecule has 1 saturated heterocycles. The number of hydrogen-bond acceptors (Lipinski definition) is 5. The maximum atomic E-state index is 12.8. The van der Waals surface area contributed by atoms with Crippen molar-refractivity contribution < 1.29 is 9.90 Å². The van der Waals surface area contributed by atoms with Crippen molar-refractivity contribution in [3.63, 3.8) is 0 Å². The van der Waals surface area contributed by atoms with Crippen LogP contribution in [0, 0.1) is 6.92 Å². The SMILES string of the molecule is Cc1nc(CNc2ncccc2C(=O)N2CCCCC2)ccc1C(C)O. The zero-order chi connectivity index (χ0) is 18.5. The number of aliphatic hydroxyl groups excluding tert-OH is 1. The summed E-state index contributed by atoms with van der Waals surface area (Å²) in [5, 5.41) is 13.0. The Bertz CT molecular complexity index is 770. The van der Waals surface area contributed by atoms with E-state index in [0.29, 0.717) is 17.9 Å². The molecule has 2 N–H and O–H groups in total. The van der Waals surface area contributed by atoms with Gasteiger partial charge in [-0.3, -0.25) is 9.78 Å². The van der Waals surface area contributed by atoms with Crippen LogP contribution in [0.25, 0.3) is 0 Å². The van der Waals surface area contributed by atoms with Gasteiger partial charge in [-0.05, 0) is 51.3 Å². The van der Waals surface area contributed by atoms with Crippen molar-refractivity contribution in [2.75, 3.05) is 18.4 Å². The summed E-state index contributed by atoms with van der Waals surface area (Å²) < 4.78 is 0. The second-order valence-electron chi connectivity index (χ2n) is 6.76. The van der Waals surface area contributed by atoms with Crippen LogP contribution in [0.3, 0.4) is 0 Å². The highest BCUT2D eigenvalue weighted by atomic mass is 16.3. The zero-order valence-corrected chi connectivity index (χ0v) is 15.4. The number of amides is 1. The fourth-order valence-corrected chi connectivity index (χ4v) is 3.32. The number of carbonyl (C=O) groups excluding carboxylic acids is 1. The smallest absolute Gasteiger partial charge is 0.257 e. The number of anilines is 1. The van der Waals surface area contributed by atoms with Crippen molar-refractivity contribution >= 4 is 11.7 Å². The van der Waals surface area contributed by atoms with E-state index in [9.17, 15) is 9.90 Å². The number of nitrogens with zero attached hydrogens (tertiary/aromatic N) is 3. The zero-order valence-electron chi connectivity index (χ0n) is 15.4. The fourth-order valence-electron chi connectivity index (χ4n) is 3.32. The number of aromatic nitrogens is 2. The lowest BCUT2D eigenvalue weighted by molar-refractivity contribution is 0.0725. The van der Waals surface area contributed by atoms with Crippen LogP contribution in [-0.4, -0.2) is 39.0 Å². The van der Waals surface area contributed by atoms with E-state index in [-0.39, 0.29) is 5.91 Å². The lowest BCUT2D eigenvalue weighted by Gasteiger charge is -2.27. The third kappa shape index (κ3) is 4.19. The van der Waals surface area contributed by atoms with Gasteiger partial charge in [0.25, 0.3) is 5.91 Å². The molecule has 2 aromatic heterocycles. The summed E-state index contributed by atoms with van der Waals surface area (Å²) in [5.41, 5.74) is 3.08. The molecule has 1 atom stereocenters. The summed E-state index contributed by atoms with van der Waals surface area (Å²) in [7, 11) is 0. The van der Waals surface area contributed by atoms with Gasteiger partial charge in [-0.1, -0.05) is 6.07 Å². The highest BCUT2D eigenvalue weighted by Crippen LogP contribution is 2.19. The molecule has 1 aliphatic rings. The molecule has 1 unspecified atom stereocenters. The molecule has 1 aliphatic heterocycles. The molecule has 2 aromatic rings. The number of aryl methyl sites for hydroxylation is 1. The van der Waals surface area contributed by atoms with E-state index in [1.165, 1.54) is 6.42 Å². The second-order valence-corrected chi connectivity index (χ2v) is 6.76. The topological polar surface area (TPSA) is 78.4 Å². The van der Waals surface area contributed by atoms with Crippen LogP contribution in [0.4, 0.5) is 5.82 Å². The Morgan fingerprint density at radius 3 is 2.73 bits per heavy atom. The average Bonchev–Trinajstić information content (AvgIpc) is 2.66. The van der Waals surface area contributed by atoms with E-state index < -0.39 is 6.10 Å². The summed E-state index contributed by atoms with van der Waals surface area (Å²) in [6.07, 6.45) is 4.47. The molecule has 0 aliphatic carbocycles. The molecule has 1 amide bonds. The van der Waals surface area contributed by atoms with Gasteiger partial charge in [0, 0.05) is 30.5 Å². The third-order valence-electron chi connectivity index (χ3n) is 4.75. The minimum Gasteiger partial charge on any atom is -0.389 e. The van der Waals surface area contributed by atoms with E-state index in [4.69, 9.17) is 0 Å². The summed E-state index contributed by atoms with van der Waals surface area (Å²) in [5.74, 6) is 0.621. The van der Waals surface area contributed by atoms with Gasteiger partial charge in [0.2, 0.25) is 0 Å². The number of hydrogen-bond donors (Lipinski definition) is 2. The summed E-state index contributed by atoms with van der Waals surface area (Å²) in [6, 6.07) is 7.39. The van der Waals surface area contributed by atoms with Gasteiger partial charge in [-0.25, -0.2) is 4.98 Å². The minimum absolute atomic E-state index is 0.0360. The molecule has 26 heavy (non-hydrogen) atoms. The molecule has 6 heteroatoms. The van der Waals surface area contributed by atoms with Crippen LogP contribution >= 0.6 is 0 Å². The molecule has 0 aromatic carbocycles. The third-order valence-corrected chi connectivity index (χ3v) is 4.75. The highest BCUT2D eigenvalue weighted by Gasteiger charge is 2.21. The number of carbonyl (C=O) groups is 1. The lowest BCUT2D eigenvalue weighted by Crippen LogP contribution is -2.36. The number of nitrogens with one attached hydrogen (secondary N) is 1. The predicted octanol–water partition coefficient (Wildman–Crippen LogP) is 3.08. The predicted molar refractivity (Wildman–Crippen MR) is 101 cm³/mol. The molecule has 1 fully saturated rings. The first-order valence-corrected chi connectivity index (χ1v) is 9.19. The number of piperidine rings is 1. The van der Waals surface area contributed by atoms with Crippen molar-refractivity contribution in [2.45, 2.75) is 45.8 Å². The largest absolute Gasteiger partial charge is 0.389 e. The van der Waals surface area contributed by atoms with Gasteiger partial charge >= 0.3 is 0 Å². The monoisotopic (exact) mass is 354 g/mol. The van der Waals surface area contributed by atoms with Gasteiger partial charge in [0.15, 0.2) is 0 Å². The molecule has 3 rings (SSSR count). The van der Waals surface area contributed by atoms with Crippen LogP contribution in [-0.2, 0) is 6.54 Å². The van der Waals surface area contributed by atoms with Crippen LogP contribution in [0.5, 0.6) is 0 Å².